The van der Waals surface area contributed by atoms with Crippen LogP contribution in [0.25, 0.3) is 11.6 Å². The maximum Gasteiger partial charge on any atom is 0.166 e. The highest BCUT2D eigenvalue weighted by Crippen LogP contribution is 2.10. The second kappa shape index (κ2) is 13.0. The largest absolute Gasteiger partial charge is 0.363 e. The van der Waals surface area contributed by atoms with Crippen molar-refractivity contribution in [3.63, 3.8) is 0 Å². The maximum absolute atomic E-state index is 5.39. The van der Waals surface area contributed by atoms with Gasteiger partial charge in [0.2, 0.25) is 0 Å². The first-order chi connectivity index (χ1) is 17.2. The average Bonchev–Trinajstić information content (AvgIpc) is 3.54. The van der Waals surface area contributed by atoms with Gasteiger partial charge in [0.25, 0.3) is 0 Å². The van der Waals surface area contributed by atoms with E-state index in [2.05, 4.69) is 46.9 Å². The lowest BCUT2D eigenvalue weighted by atomic mass is 10.1. The Kier molecular flexibility index (Phi) is 9.29. The highest BCUT2D eigenvalue weighted by Gasteiger charge is 2.09. The van der Waals surface area contributed by atoms with E-state index < -0.39 is 0 Å². The molecule has 4 heterocycles. The summed E-state index contributed by atoms with van der Waals surface area (Å²) < 4.78 is 3.26. The van der Waals surface area contributed by atoms with Crippen molar-refractivity contribution in [3.8, 4) is 11.6 Å². The van der Waals surface area contributed by atoms with Gasteiger partial charge >= 0.3 is 0 Å². The molecule has 0 radical (unpaired) electrons. The third kappa shape index (κ3) is 7.92. The molecule has 11 nitrogen and oxygen atoms in total. The third-order valence-corrected chi connectivity index (χ3v) is 6.13. The zero-order chi connectivity index (χ0) is 24.3. The Hall–Kier alpha value is -3.19. The first-order valence-electron chi connectivity index (χ1n) is 12.0. The molecule has 0 unspecified atom stereocenters. The molecule has 3 aromatic rings. The number of pyridine rings is 1. The molecule has 0 fully saturated rings. The Bertz CT molecular complexity index is 1030. The maximum atomic E-state index is 5.39. The molecule has 1 aliphatic rings. The summed E-state index contributed by atoms with van der Waals surface area (Å²) in [7, 11) is 0. The molecular weight excluding hydrogens is 482 g/mol. The van der Waals surface area contributed by atoms with Crippen LogP contribution >= 0.6 is 24.4 Å². The fourth-order valence-corrected chi connectivity index (χ4v) is 4.00. The molecule has 0 amide bonds. The van der Waals surface area contributed by atoms with E-state index in [1.165, 1.54) is 32.1 Å². The van der Waals surface area contributed by atoms with Gasteiger partial charge in [-0.25, -0.2) is 14.3 Å². The number of nitrogens with one attached hydrogen (secondary N) is 4. The van der Waals surface area contributed by atoms with Gasteiger partial charge in [-0.15, -0.1) is 10.2 Å². The number of thiocarbonyl (C=S) groups is 2. The molecular formula is C22H31N11S2. The van der Waals surface area contributed by atoms with Crippen LogP contribution in [-0.4, -0.2) is 58.3 Å². The standard InChI is InChI=1S/C22H31N11S2/c34-21-23-11-6-4-2-1-3-5-7-12-24-22(35)26-14-18-16-33(31-29-18)20-10-8-9-19(27-20)32-15-17(13-25-21)28-30-32/h8-10,15-16H,1-7,11-14H2,(H2,23,25,34)(H2,24,26,35). The Morgan fingerprint density at radius 1 is 0.629 bits per heavy atom. The lowest BCUT2D eigenvalue weighted by molar-refractivity contribution is 0.572. The van der Waals surface area contributed by atoms with Crippen LogP contribution in [0.15, 0.2) is 30.6 Å². The van der Waals surface area contributed by atoms with Crippen LogP contribution in [0.2, 0.25) is 0 Å². The van der Waals surface area contributed by atoms with Crippen LogP contribution in [0.4, 0.5) is 0 Å². The van der Waals surface area contributed by atoms with Gasteiger partial charge in [-0.05, 0) is 49.4 Å². The van der Waals surface area contributed by atoms with Crippen molar-refractivity contribution >= 4 is 34.7 Å². The Labute approximate surface area is 215 Å². The first-order valence-corrected chi connectivity index (χ1v) is 12.8. The second-order valence-electron chi connectivity index (χ2n) is 8.36. The van der Waals surface area contributed by atoms with Gasteiger partial charge < -0.3 is 21.3 Å². The average molecular weight is 514 g/mol. The minimum atomic E-state index is 0.488. The van der Waals surface area contributed by atoms with Crippen LogP contribution < -0.4 is 21.3 Å². The zero-order valence-electron chi connectivity index (χ0n) is 19.6. The molecule has 4 rings (SSSR count). The Morgan fingerprint density at radius 3 is 1.57 bits per heavy atom. The molecule has 1 aliphatic heterocycles. The van der Waals surface area contributed by atoms with Gasteiger partial charge in [0.1, 0.15) is 11.4 Å². The van der Waals surface area contributed by atoms with Crippen LogP contribution in [-0.2, 0) is 13.1 Å². The summed E-state index contributed by atoms with van der Waals surface area (Å²) in [6, 6.07) is 5.61. The van der Waals surface area contributed by atoms with E-state index >= 15 is 0 Å². The second-order valence-corrected chi connectivity index (χ2v) is 9.17. The predicted molar refractivity (Wildman–Crippen MR) is 141 cm³/mol. The molecule has 0 spiro atoms. The Balaban J connectivity index is 1.42. The van der Waals surface area contributed by atoms with Crippen molar-refractivity contribution < 1.29 is 0 Å². The SMILES string of the molecule is S=C1NCCCCCCCCCNC(=S)NCc2cn(nn2)-c2cccc(n2)-n2cc(nn2)CN1. The van der Waals surface area contributed by atoms with E-state index in [0.717, 1.165) is 37.3 Å². The summed E-state index contributed by atoms with van der Waals surface area (Å²) in [5.74, 6) is 1.26. The summed E-state index contributed by atoms with van der Waals surface area (Å²) >= 11 is 10.8. The smallest absolute Gasteiger partial charge is 0.166 e. The summed E-state index contributed by atoms with van der Waals surface area (Å²) in [5.41, 5.74) is 1.53. The number of rotatable bonds is 0. The molecule has 13 heteroatoms. The molecule has 0 aromatic carbocycles. The third-order valence-electron chi connectivity index (χ3n) is 5.56. The van der Waals surface area contributed by atoms with E-state index in [1.807, 2.05) is 30.6 Å². The van der Waals surface area contributed by atoms with Gasteiger partial charge in [-0.2, -0.15) is 0 Å². The van der Waals surface area contributed by atoms with Crippen LogP contribution in [0.3, 0.4) is 0 Å². The van der Waals surface area contributed by atoms with Crippen molar-refractivity contribution in [3.05, 3.63) is 42.0 Å². The monoisotopic (exact) mass is 513 g/mol. The summed E-state index contributed by atoms with van der Waals surface area (Å²) in [4.78, 5) is 4.65. The summed E-state index contributed by atoms with van der Waals surface area (Å²) in [6.45, 7) is 2.71. The van der Waals surface area contributed by atoms with E-state index in [4.69, 9.17) is 24.4 Å². The molecule has 35 heavy (non-hydrogen) atoms. The van der Waals surface area contributed by atoms with Crippen molar-refractivity contribution in [2.75, 3.05) is 13.1 Å². The molecule has 3 aromatic heterocycles. The fourth-order valence-electron chi connectivity index (χ4n) is 3.65. The highest BCUT2D eigenvalue weighted by atomic mass is 32.1. The number of aromatic nitrogens is 7. The van der Waals surface area contributed by atoms with Gasteiger partial charge in [-0.1, -0.05) is 48.6 Å². The lowest BCUT2D eigenvalue weighted by Crippen LogP contribution is -2.35. The lowest BCUT2D eigenvalue weighted by Gasteiger charge is -2.10. The normalized spacial score (nSPS) is 16.9. The zero-order valence-corrected chi connectivity index (χ0v) is 21.2. The van der Waals surface area contributed by atoms with Crippen LogP contribution in [0.1, 0.15) is 56.3 Å². The number of hydrogen-bond acceptors (Lipinski definition) is 7. The first kappa shape index (κ1) is 24.9. The number of fused-ring (bicyclic) bond motifs is 8. The van der Waals surface area contributed by atoms with Crippen molar-refractivity contribution in [2.45, 2.75) is 58.0 Å². The summed E-state index contributed by atoms with van der Waals surface area (Å²) in [6.07, 6.45) is 12.0. The van der Waals surface area contributed by atoms with E-state index in [9.17, 15) is 0 Å². The topological polar surface area (TPSA) is 122 Å². The number of hydrogen-bond donors (Lipinski definition) is 4. The van der Waals surface area contributed by atoms with Gasteiger partial charge in [0.15, 0.2) is 21.9 Å². The molecule has 0 saturated carbocycles. The molecule has 0 saturated heterocycles. The van der Waals surface area contributed by atoms with E-state index in [-0.39, 0.29) is 0 Å². The summed E-state index contributed by atoms with van der Waals surface area (Å²) in [5, 5.41) is 31.0. The quantitative estimate of drug-likeness (QED) is 0.330. The van der Waals surface area contributed by atoms with Gasteiger partial charge in [0, 0.05) is 13.1 Å². The minimum Gasteiger partial charge on any atom is -0.363 e. The molecule has 0 atom stereocenters. The fraction of sp³-hybridized carbons (Fsp3) is 0.500. The van der Waals surface area contributed by atoms with Crippen LogP contribution in [0.5, 0.6) is 0 Å². The minimum absolute atomic E-state index is 0.488. The van der Waals surface area contributed by atoms with E-state index in [0.29, 0.717) is 35.0 Å². The van der Waals surface area contributed by atoms with Crippen molar-refractivity contribution in [2.24, 2.45) is 0 Å². The molecule has 0 aliphatic carbocycles. The highest BCUT2D eigenvalue weighted by molar-refractivity contribution is 7.80. The molecule has 4 N–H and O–H groups in total. The van der Waals surface area contributed by atoms with Crippen molar-refractivity contribution in [1.82, 2.24) is 56.2 Å². The van der Waals surface area contributed by atoms with Crippen molar-refractivity contribution in [1.29, 1.82) is 0 Å². The van der Waals surface area contributed by atoms with Crippen LogP contribution in [0, 0.1) is 0 Å². The predicted octanol–water partition coefficient (Wildman–Crippen LogP) is 1.92. The molecule has 6 bridgehead atoms. The van der Waals surface area contributed by atoms with E-state index in [1.54, 1.807) is 9.36 Å². The van der Waals surface area contributed by atoms with Gasteiger partial charge in [-0.3, -0.25) is 0 Å². The van der Waals surface area contributed by atoms with Gasteiger partial charge in [0.05, 0.1) is 25.5 Å². The molecule has 186 valence electrons. The Morgan fingerprint density at radius 2 is 1.09 bits per heavy atom. The number of nitrogens with zero attached hydrogens (tertiary/aromatic N) is 7.